The molecular formula is C15H15BrO3. The summed E-state index contributed by atoms with van der Waals surface area (Å²) in [7, 11) is 0. The highest BCUT2D eigenvalue weighted by Gasteiger charge is 2.21. The number of ether oxygens (including phenoxy) is 1. The number of benzene rings is 1. The Kier molecular flexibility index (Phi) is 3.37. The Balaban J connectivity index is 1.87. The van der Waals surface area contributed by atoms with Crippen molar-refractivity contribution in [3.05, 3.63) is 51.4 Å². The molecule has 1 N–H and O–H groups in total. The summed E-state index contributed by atoms with van der Waals surface area (Å²) in [6, 6.07) is 7.76. The fourth-order valence-corrected chi connectivity index (χ4v) is 2.99. The van der Waals surface area contributed by atoms with E-state index in [2.05, 4.69) is 22.0 Å². The van der Waals surface area contributed by atoms with Gasteiger partial charge < -0.3 is 14.3 Å². The maximum absolute atomic E-state index is 10.2. The van der Waals surface area contributed by atoms with E-state index in [-0.39, 0.29) is 0 Å². The van der Waals surface area contributed by atoms with Crippen molar-refractivity contribution in [2.45, 2.75) is 25.9 Å². The summed E-state index contributed by atoms with van der Waals surface area (Å²) in [4.78, 5) is 0. The monoisotopic (exact) mass is 322 g/mol. The summed E-state index contributed by atoms with van der Waals surface area (Å²) in [6.45, 7) is 2.59. The first kappa shape index (κ1) is 12.8. The first-order valence-corrected chi connectivity index (χ1v) is 7.11. The zero-order valence-electron chi connectivity index (χ0n) is 10.6. The fourth-order valence-electron chi connectivity index (χ4n) is 2.44. The predicted molar refractivity (Wildman–Crippen MR) is 75.4 cm³/mol. The van der Waals surface area contributed by atoms with Crippen LogP contribution in [0, 0.1) is 6.92 Å². The molecular weight excluding hydrogens is 308 g/mol. The third-order valence-electron chi connectivity index (χ3n) is 3.33. The largest absolute Gasteiger partial charge is 0.493 e. The van der Waals surface area contributed by atoms with Crippen LogP contribution >= 0.6 is 15.9 Å². The molecule has 3 rings (SSSR count). The Hall–Kier alpha value is -1.26. The molecule has 19 heavy (non-hydrogen) atoms. The molecule has 100 valence electrons. The van der Waals surface area contributed by atoms with Gasteiger partial charge in [0.1, 0.15) is 23.4 Å². The third kappa shape index (κ3) is 2.55. The highest BCUT2D eigenvalue weighted by molar-refractivity contribution is 9.10. The lowest BCUT2D eigenvalue weighted by Crippen LogP contribution is -2.02. The van der Waals surface area contributed by atoms with Crippen molar-refractivity contribution in [3.63, 3.8) is 0 Å². The molecule has 0 saturated carbocycles. The molecule has 2 heterocycles. The normalized spacial score (nSPS) is 15.1. The minimum absolute atomic E-state index is 0.495. The van der Waals surface area contributed by atoms with Crippen LogP contribution in [0.15, 0.2) is 33.2 Å². The van der Waals surface area contributed by atoms with E-state index in [4.69, 9.17) is 9.15 Å². The van der Waals surface area contributed by atoms with E-state index in [9.17, 15) is 5.11 Å². The Morgan fingerprint density at radius 3 is 2.95 bits per heavy atom. The van der Waals surface area contributed by atoms with Crippen molar-refractivity contribution >= 4 is 15.9 Å². The maximum Gasteiger partial charge on any atom is 0.132 e. The van der Waals surface area contributed by atoms with E-state index in [0.717, 1.165) is 34.6 Å². The molecule has 0 amide bonds. The lowest BCUT2D eigenvalue weighted by Gasteiger charge is -2.12. The first-order valence-electron chi connectivity index (χ1n) is 6.32. The summed E-state index contributed by atoms with van der Waals surface area (Å²) in [5.41, 5.74) is 2.22. The van der Waals surface area contributed by atoms with E-state index >= 15 is 0 Å². The second-order valence-electron chi connectivity index (χ2n) is 4.82. The van der Waals surface area contributed by atoms with Gasteiger partial charge in [-0.2, -0.15) is 0 Å². The Morgan fingerprint density at radius 2 is 2.21 bits per heavy atom. The van der Waals surface area contributed by atoms with Crippen molar-refractivity contribution in [3.8, 4) is 5.75 Å². The third-order valence-corrected chi connectivity index (χ3v) is 3.79. The van der Waals surface area contributed by atoms with Crippen LogP contribution in [0.2, 0.25) is 0 Å². The molecule has 1 aliphatic heterocycles. The summed E-state index contributed by atoms with van der Waals surface area (Å²) in [5, 5.41) is 10.2. The van der Waals surface area contributed by atoms with Gasteiger partial charge in [0.25, 0.3) is 0 Å². The summed E-state index contributed by atoms with van der Waals surface area (Å²) in [6.07, 6.45) is 0.781. The number of halogens is 1. The van der Waals surface area contributed by atoms with Crippen LogP contribution < -0.4 is 4.74 Å². The van der Waals surface area contributed by atoms with Crippen LogP contribution in [0.1, 0.15) is 28.8 Å². The quantitative estimate of drug-likeness (QED) is 0.939. The molecule has 2 aromatic rings. The fraction of sp³-hybridized carbons (Fsp3) is 0.333. The molecule has 1 unspecified atom stereocenters. The van der Waals surface area contributed by atoms with Crippen LogP contribution in [-0.4, -0.2) is 11.7 Å². The number of furan rings is 1. The molecule has 1 aromatic carbocycles. The van der Waals surface area contributed by atoms with Crippen molar-refractivity contribution in [1.82, 2.24) is 0 Å². The minimum Gasteiger partial charge on any atom is -0.493 e. The summed E-state index contributed by atoms with van der Waals surface area (Å²) >= 11 is 3.51. The zero-order valence-corrected chi connectivity index (χ0v) is 12.2. The standard InChI is InChI=1S/C15H15BrO3/c1-9-2-3-14(19-9)13(17)8-11-7-12(16)6-10-4-5-18-15(10)11/h2-3,6-7,13,17H,4-5,8H2,1H3. The Morgan fingerprint density at radius 1 is 1.37 bits per heavy atom. The van der Waals surface area contributed by atoms with Gasteiger partial charge in [0.05, 0.1) is 6.61 Å². The van der Waals surface area contributed by atoms with Gasteiger partial charge in [-0.15, -0.1) is 0 Å². The maximum atomic E-state index is 10.2. The van der Waals surface area contributed by atoms with Gasteiger partial charge in [-0.3, -0.25) is 0 Å². The number of aliphatic hydroxyl groups excluding tert-OH is 1. The van der Waals surface area contributed by atoms with E-state index in [1.54, 1.807) is 0 Å². The summed E-state index contributed by atoms with van der Waals surface area (Å²) in [5.74, 6) is 2.33. The number of aryl methyl sites for hydroxylation is 1. The molecule has 1 aliphatic rings. The van der Waals surface area contributed by atoms with E-state index < -0.39 is 6.10 Å². The predicted octanol–water partition coefficient (Wildman–Crippen LogP) is 3.56. The van der Waals surface area contributed by atoms with Crippen molar-refractivity contribution in [2.24, 2.45) is 0 Å². The van der Waals surface area contributed by atoms with Crippen LogP contribution in [0.5, 0.6) is 5.75 Å². The van der Waals surface area contributed by atoms with Crippen LogP contribution in [0.25, 0.3) is 0 Å². The topological polar surface area (TPSA) is 42.6 Å². The second-order valence-corrected chi connectivity index (χ2v) is 5.74. The zero-order chi connectivity index (χ0) is 13.4. The van der Waals surface area contributed by atoms with Gasteiger partial charge in [-0.25, -0.2) is 0 Å². The van der Waals surface area contributed by atoms with E-state index in [1.807, 2.05) is 25.1 Å². The van der Waals surface area contributed by atoms with Gasteiger partial charge in [-0.05, 0) is 42.3 Å². The molecule has 0 bridgehead atoms. The Bertz CT molecular complexity index is 603. The van der Waals surface area contributed by atoms with Gasteiger partial charge in [0, 0.05) is 17.3 Å². The average molecular weight is 323 g/mol. The number of aliphatic hydroxyl groups is 1. The molecule has 0 spiro atoms. The molecule has 0 saturated heterocycles. The first-order chi connectivity index (χ1) is 9.13. The summed E-state index contributed by atoms with van der Waals surface area (Å²) < 4.78 is 12.2. The van der Waals surface area contributed by atoms with Gasteiger partial charge in [-0.1, -0.05) is 15.9 Å². The number of rotatable bonds is 3. The number of hydrogen-bond acceptors (Lipinski definition) is 3. The molecule has 1 atom stereocenters. The number of fused-ring (bicyclic) bond motifs is 1. The van der Waals surface area contributed by atoms with Crippen molar-refractivity contribution in [2.75, 3.05) is 6.61 Å². The van der Waals surface area contributed by atoms with Crippen molar-refractivity contribution < 1.29 is 14.3 Å². The molecule has 1 aromatic heterocycles. The smallest absolute Gasteiger partial charge is 0.132 e. The molecule has 0 fully saturated rings. The van der Waals surface area contributed by atoms with Crippen LogP contribution in [-0.2, 0) is 12.8 Å². The molecule has 0 aliphatic carbocycles. The SMILES string of the molecule is Cc1ccc(C(O)Cc2cc(Br)cc3c2OCC3)o1. The van der Waals surface area contributed by atoms with Crippen LogP contribution in [0.3, 0.4) is 0 Å². The van der Waals surface area contributed by atoms with E-state index in [1.165, 1.54) is 5.56 Å². The lowest BCUT2D eigenvalue weighted by molar-refractivity contribution is 0.148. The van der Waals surface area contributed by atoms with Gasteiger partial charge >= 0.3 is 0 Å². The minimum atomic E-state index is -0.642. The lowest BCUT2D eigenvalue weighted by atomic mass is 10.0. The highest BCUT2D eigenvalue weighted by Crippen LogP contribution is 2.35. The molecule has 4 heteroatoms. The van der Waals surface area contributed by atoms with Gasteiger partial charge in [0.15, 0.2) is 0 Å². The van der Waals surface area contributed by atoms with Crippen molar-refractivity contribution in [1.29, 1.82) is 0 Å². The van der Waals surface area contributed by atoms with Gasteiger partial charge in [0.2, 0.25) is 0 Å². The van der Waals surface area contributed by atoms with Crippen LogP contribution in [0.4, 0.5) is 0 Å². The second kappa shape index (κ2) is 5.02. The Labute approximate surface area is 120 Å². The molecule has 3 nitrogen and oxygen atoms in total. The van der Waals surface area contributed by atoms with E-state index in [0.29, 0.717) is 12.2 Å². The highest BCUT2D eigenvalue weighted by atomic mass is 79.9. The number of hydrogen-bond donors (Lipinski definition) is 1. The average Bonchev–Trinajstić information content (AvgIpc) is 2.97. The molecule has 0 radical (unpaired) electrons.